The molecule has 2 rings (SSSR count). The van der Waals surface area contributed by atoms with Gasteiger partial charge in [0, 0.05) is 13.2 Å². The van der Waals surface area contributed by atoms with Crippen LogP contribution >= 0.6 is 11.5 Å². The van der Waals surface area contributed by atoms with Crippen molar-refractivity contribution in [2.45, 2.75) is 25.3 Å². The van der Waals surface area contributed by atoms with Crippen molar-refractivity contribution in [1.29, 1.82) is 0 Å². The van der Waals surface area contributed by atoms with Crippen molar-refractivity contribution in [2.24, 2.45) is 5.73 Å². The van der Waals surface area contributed by atoms with Gasteiger partial charge in [0.2, 0.25) is 0 Å². The first-order chi connectivity index (χ1) is 6.21. The predicted octanol–water partition coefficient (Wildman–Crippen LogP) is 0.811. The van der Waals surface area contributed by atoms with E-state index in [9.17, 15) is 0 Å². The topological polar surface area (TPSA) is 61.0 Å². The lowest BCUT2D eigenvalue weighted by atomic mass is 9.92. The van der Waals surface area contributed by atoms with E-state index in [4.69, 9.17) is 10.5 Å². The third-order valence-corrected chi connectivity index (χ3v) is 3.36. The van der Waals surface area contributed by atoms with Crippen LogP contribution in [0.4, 0.5) is 0 Å². The van der Waals surface area contributed by atoms with Crippen molar-refractivity contribution >= 4 is 11.5 Å². The van der Waals surface area contributed by atoms with E-state index < -0.39 is 0 Å². The Morgan fingerprint density at radius 1 is 1.46 bits per heavy atom. The quantitative estimate of drug-likeness (QED) is 0.727. The fourth-order valence-corrected chi connectivity index (χ4v) is 2.27. The SMILES string of the molecule is Cc1nsc(C2(N)CCOCC2)n1. The van der Waals surface area contributed by atoms with Gasteiger partial charge >= 0.3 is 0 Å². The number of nitrogens with two attached hydrogens (primary N) is 1. The molecule has 0 saturated carbocycles. The number of aromatic nitrogens is 2. The van der Waals surface area contributed by atoms with Gasteiger partial charge < -0.3 is 10.5 Å². The summed E-state index contributed by atoms with van der Waals surface area (Å²) < 4.78 is 9.42. The normalized spacial score (nSPS) is 21.7. The fourth-order valence-electron chi connectivity index (χ4n) is 1.45. The minimum atomic E-state index is -0.288. The molecule has 1 aliphatic heterocycles. The zero-order valence-corrected chi connectivity index (χ0v) is 8.43. The van der Waals surface area contributed by atoms with Crippen molar-refractivity contribution in [1.82, 2.24) is 9.36 Å². The van der Waals surface area contributed by atoms with Gasteiger partial charge in [-0.25, -0.2) is 4.98 Å². The molecule has 72 valence electrons. The third-order valence-electron chi connectivity index (χ3n) is 2.34. The number of hydrogen-bond donors (Lipinski definition) is 1. The van der Waals surface area contributed by atoms with E-state index in [1.54, 1.807) is 0 Å². The zero-order valence-electron chi connectivity index (χ0n) is 7.62. The molecule has 1 fully saturated rings. The van der Waals surface area contributed by atoms with Crippen LogP contribution in [-0.2, 0) is 10.3 Å². The molecule has 0 amide bonds. The molecule has 0 spiro atoms. The summed E-state index contributed by atoms with van der Waals surface area (Å²) in [5.74, 6) is 0.816. The van der Waals surface area contributed by atoms with E-state index in [2.05, 4.69) is 9.36 Å². The standard InChI is InChI=1S/C8H13N3OS/c1-6-10-7(13-11-6)8(9)2-4-12-5-3-8/h2-5,9H2,1H3. The van der Waals surface area contributed by atoms with Crippen LogP contribution in [0.3, 0.4) is 0 Å². The lowest BCUT2D eigenvalue weighted by Gasteiger charge is -2.30. The van der Waals surface area contributed by atoms with Gasteiger partial charge in [-0.2, -0.15) is 4.37 Å². The maximum atomic E-state index is 6.22. The molecule has 1 aromatic rings. The summed E-state index contributed by atoms with van der Waals surface area (Å²) in [6.07, 6.45) is 1.70. The van der Waals surface area contributed by atoms with Gasteiger partial charge in [-0.1, -0.05) is 0 Å². The van der Waals surface area contributed by atoms with Crippen LogP contribution in [0.25, 0.3) is 0 Å². The Morgan fingerprint density at radius 2 is 2.15 bits per heavy atom. The van der Waals surface area contributed by atoms with Crippen molar-refractivity contribution in [3.8, 4) is 0 Å². The van der Waals surface area contributed by atoms with Crippen LogP contribution in [0.15, 0.2) is 0 Å². The van der Waals surface area contributed by atoms with Crippen LogP contribution in [0.2, 0.25) is 0 Å². The largest absolute Gasteiger partial charge is 0.381 e. The average molecular weight is 199 g/mol. The summed E-state index contributed by atoms with van der Waals surface area (Å²) in [4.78, 5) is 4.33. The summed E-state index contributed by atoms with van der Waals surface area (Å²) in [7, 11) is 0. The highest BCUT2D eigenvalue weighted by atomic mass is 32.1. The highest BCUT2D eigenvalue weighted by molar-refractivity contribution is 7.05. The molecule has 0 radical (unpaired) electrons. The van der Waals surface area contributed by atoms with Gasteiger partial charge in [-0.15, -0.1) is 0 Å². The van der Waals surface area contributed by atoms with E-state index >= 15 is 0 Å². The van der Waals surface area contributed by atoms with E-state index in [0.717, 1.165) is 36.9 Å². The van der Waals surface area contributed by atoms with Gasteiger partial charge in [-0.05, 0) is 31.3 Å². The third kappa shape index (κ3) is 1.72. The van der Waals surface area contributed by atoms with Gasteiger partial charge in [0.15, 0.2) is 0 Å². The summed E-state index contributed by atoms with van der Waals surface area (Å²) in [6.45, 7) is 3.35. The molecule has 5 heteroatoms. The Labute approximate surface area is 81.3 Å². The monoisotopic (exact) mass is 199 g/mol. The first-order valence-electron chi connectivity index (χ1n) is 4.38. The molecule has 13 heavy (non-hydrogen) atoms. The van der Waals surface area contributed by atoms with Crippen molar-refractivity contribution in [3.05, 3.63) is 10.8 Å². The second-order valence-electron chi connectivity index (χ2n) is 3.42. The van der Waals surface area contributed by atoms with E-state index in [1.807, 2.05) is 6.92 Å². The smallest absolute Gasteiger partial charge is 0.139 e. The molecule has 0 aromatic carbocycles. The molecule has 1 aromatic heterocycles. The van der Waals surface area contributed by atoms with Crippen LogP contribution in [0.1, 0.15) is 23.7 Å². The summed E-state index contributed by atoms with van der Waals surface area (Å²) in [6, 6.07) is 0. The Morgan fingerprint density at radius 3 is 2.69 bits per heavy atom. The van der Waals surface area contributed by atoms with E-state index in [-0.39, 0.29) is 5.54 Å². The van der Waals surface area contributed by atoms with Gasteiger partial charge in [0.1, 0.15) is 10.8 Å². The average Bonchev–Trinajstić information content (AvgIpc) is 2.54. The second kappa shape index (κ2) is 3.32. The molecule has 0 bridgehead atoms. The zero-order chi connectivity index (χ0) is 9.31. The lowest BCUT2D eigenvalue weighted by molar-refractivity contribution is 0.0521. The summed E-state index contributed by atoms with van der Waals surface area (Å²) in [5, 5.41) is 0.952. The molecule has 0 atom stereocenters. The second-order valence-corrected chi connectivity index (χ2v) is 4.17. The molecular formula is C8H13N3OS. The molecule has 4 nitrogen and oxygen atoms in total. The van der Waals surface area contributed by atoms with Crippen molar-refractivity contribution in [2.75, 3.05) is 13.2 Å². The molecule has 2 N–H and O–H groups in total. The minimum Gasteiger partial charge on any atom is -0.381 e. The van der Waals surface area contributed by atoms with Gasteiger partial charge in [-0.3, -0.25) is 0 Å². The molecular weight excluding hydrogens is 186 g/mol. The first-order valence-corrected chi connectivity index (χ1v) is 5.15. The number of hydrogen-bond acceptors (Lipinski definition) is 5. The minimum absolute atomic E-state index is 0.288. The molecule has 0 aliphatic carbocycles. The van der Waals surface area contributed by atoms with Crippen molar-refractivity contribution in [3.63, 3.8) is 0 Å². The highest BCUT2D eigenvalue weighted by Crippen LogP contribution is 2.30. The Bertz CT molecular complexity index is 293. The molecule has 2 heterocycles. The first kappa shape index (κ1) is 9.05. The number of rotatable bonds is 1. The Kier molecular flexibility index (Phi) is 2.31. The van der Waals surface area contributed by atoms with Crippen LogP contribution in [-0.4, -0.2) is 22.6 Å². The Balaban J connectivity index is 2.22. The van der Waals surface area contributed by atoms with Gasteiger partial charge in [0.25, 0.3) is 0 Å². The lowest BCUT2D eigenvalue weighted by Crippen LogP contribution is -2.42. The molecule has 0 unspecified atom stereocenters. The predicted molar refractivity (Wildman–Crippen MR) is 50.6 cm³/mol. The van der Waals surface area contributed by atoms with E-state index in [1.165, 1.54) is 11.5 Å². The summed E-state index contributed by atoms with van der Waals surface area (Å²) in [5.41, 5.74) is 5.93. The number of aryl methyl sites for hydroxylation is 1. The van der Waals surface area contributed by atoms with Crippen molar-refractivity contribution < 1.29 is 4.74 Å². The highest BCUT2D eigenvalue weighted by Gasteiger charge is 2.33. The number of ether oxygens (including phenoxy) is 1. The van der Waals surface area contributed by atoms with E-state index in [0.29, 0.717) is 0 Å². The summed E-state index contributed by atoms with van der Waals surface area (Å²) >= 11 is 1.41. The Hall–Kier alpha value is -0.520. The molecule has 1 aliphatic rings. The van der Waals surface area contributed by atoms with Gasteiger partial charge in [0.05, 0.1) is 5.54 Å². The maximum absolute atomic E-state index is 6.22. The molecule has 1 saturated heterocycles. The van der Waals surface area contributed by atoms with Crippen LogP contribution in [0.5, 0.6) is 0 Å². The maximum Gasteiger partial charge on any atom is 0.139 e. The van der Waals surface area contributed by atoms with Crippen LogP contribution < -0.4 is 5.73 Å². The number of nitrogens with zero attached hydrogens (tertiary/aromatic N) is 2. The fraction of sp³-hybridized carbons (Fsp3) is 0.750. The van der Waals surface area contributed by atoms with Crippen LogP contribution in [0, 0.1) is 6.92 Å².